The molecule has 402 valence electrons. The third-order valence-corrected chi connectivity index (χ3v) is 20.3. The topological polar surface area (TPSA) is 13.1 Å². The molecular formula is C84H51N3. The molecule has 0 fully saturated rings. The number of hydrogen-bond donors (Lipinski definition) is 0. The van der Waals surface area contributed by atoms with Gasteiger partial charge >= 0.3 is 0 Å². The smallest absolute Gasteiger partial charge is 0.0755 e. The molecule has 1 aliphatic heterocycles. The molecule has 0 saturated heterocycles. The second-order valence-electron chi connectivity index (χ2n) is 24.2. The van der Waals surface area contributed by atoms with Crippen LogP contribution in [-0.2, 0) is 10.8 Å². The molecule has 2 aromatic heterocycles. The molecule has 3 heteroatoms. The summed E-state index contributed by atoms with van der Waals surface area (Å²) in [5.41, 5.74) is 30.0. The standard InChI is InChI=1S/C84H51N3/c1-2-20-55(21-3-1)86-77-34-15-10-26-65(77)68-49-54(40-48-79(68)86)52-37-41-56(42-38-52)85(57-43-45-62-60-23-6-11-29-69(60)83(75(62)50-57)71-31-13-8-27-67(71)81-59-22-5-4-19-53(59)39-47-73(81)83)58-44-46-63-61-24-7-12-30-70(61)84(76(63)51-58)72-32-14-17-36-80(72)87-78-35-16-9-25-64(78)66-28-18-33-74(84)82(66)87/h1-51H. The lowest BCUT2D eigenvalue weighted by molar-refractivity contribution is 0.748. The molecular weight excluding hydrogens is 1050 g/mol. The summed E-state index contributed by atoms with van der Waals surface area (Å²) in [6, 6.07) is 117. The minimum Gasteiger partial charge on any atom is -0.310 e. The van der Waals surface area contributed by atoms with Crippen molar-refractivity contribution < 1.29 is 0 Å². The van der Waals surface area contributed by atoms with Gasteiger partial charge in [0.05, 0.1) is 38.6 Å². The Bertz CT molecular complexity index is 5660. The van der Waals surface area contributed by atoms with Crippen LogP contribution < -0.4 is 4.90 Å². The van der Waals surface area contributed by atoms with E-state index in [0.717, 1.165) is 28.3 Å². The molecule has 0 saturated carbocycles. The zero-order valence-electron chi connectivity index (χ0n) is 47.3. The maximum Gasteiger partial charge on any atom is 0.0755 e. The van der Waals surface area contributed by atoms with Crippen LogP contribution in [0.1, 0.15) is 44.5 Å². The lowest BCUT2D eigenvalue weighted by Gasteiger charge is -2.40. The molecule has 0 bridgehead atoms. The summed E-state index contributed by atoms with van der Waals surface area (Å²) in [5.74, 6) is 0. The van der Waals surface area contributed by atoms with Crippen molar-refractivity contribution in [3.8, 4) is 55.9 Å². The van der Waals surface area contributed by atoms with Gasteiger partial charge in [0.1, 0.15) is 0 Å². The molecule has 3 nitrogen and oxygen atoms in total. The van der Waals surface area contributed by atoms with E-state index in [0.29, 0.717) is 0 Å². The number of rotatable bonds is 5. The molecule has 0 radical (unpaired) electrons. The Morgan fingerprint density at radius 1 is 0.253 bits per heavy atom. The summed E-state index contributed by atoms with van der Waals surface area (Å²) in [7, 11) is 0. The maximum absolute atomic E-state index is 2.55. The van der Waals surface area contributed by atoms with E-state index < -0.39 is 10.8 Å². The van der Waals surface area contributed by atoms with Crippen LogP contribution in [0.2, 0.25) is 0 Å². The molecule has 20 rings (SSSR count). The molecule has 87 heavy (non-hydrogen) atoms. The fraction of sp³-hybridized carbons (Fsp3) is 0.0238. The van der Waals surface area contributed by atoms with Gasteiger partial charge in [-0.3, -0.25) is 0 Å². The summed E-state index contributed by atoms with van der Waals surface area (Å²) >= 11 is 0. The average molecular weight is 1100 g/mol. The Morgan fingerprint density at radius 2 is 0.747 bits per heavy atom. The van der Waals surface area contributed by atoms with E-state index in [1.807, 2.05) is 0 Å². The first kappa shape index (κ1) is 47.1. The predicted molar refractivity (Wildman–Crippen MR) is 360 cm³/mol. The van der Waals surface area contributed by atoms with E-state index in [1.165, 1.54) is 144 Å². The van der Waals surface area contributed by atoms with Gasteiger partial charge in [-0.15, -0.1) is 0 Å². The van der Waals surface area contributed by atoms with Crippen LogP contribution in [0.25, 0.3) is 110 Å². The molecule has 0 N–H and O–H groups in total. The van der Waals surface area contributed by atoms with E-state index in [4.69, 9.17) is 0 Å². The lowest BCUT2D eigenvalue weighted by Crippen LogP contribution is -2.33. The van der Waals surface area contributed by atoms with Crippen molar-refractivity contribution in [2.75, 3.05) is 4.90 Å². The fourth-order valence-corrected chi connectivity index (χ4v) is 17.0. The summed E-state index contributed by atoms with van der Waals surface area (Å²) in [5, 5.41) is 7.57. The zero-order chi connectivity index (χ0) is 56.7. The molecule has 3 heterocycles. The lowest BCUT2D eigenvalue weighted by atomic mass is 9.65. The SMILES string of the molecule is c1ccc(-n2c3ccccc3c3cc(-c4ccc(N(c5ccc6c(c5)C5(c7ccccc7-6)c6ccccc6-c6c5ccc5ccccc65)c5ccc6c(c5)C5(c7ccccc7-6)c6ccccc6-n6c7ccccc7c7cccc5c76)cc4)ccc32)cc1. The highest BCUT2D eigenvalue weighted by molar-refractivity contribution is 6.14. The molecule has 2 atom stereocenters. The number of para-hydroxylation sites is 5. The van der Waals surface area contributed by atoms with Gasteiger partial charge in [-0.1, -0.05) is 231 Å². The summed E-state index contributed by atoms with van der Waals surface area (Å²) < 4.78 is 4.93. The third kappa shape index (κ3) is 5.95. The second kappa shape index (κ2) is 17.2. The highest BCUT2D eigenvalue weighted by atomic mass is 15.1. The third-order valence-electron chi connectivity index (χ3n) is 20.3. The van der Waals surface area contributed by atoms with Gasteiger partial charge in [0.2, 0.25) is 0 Å². The Balaban J connectivity index is 0.832. The van der Waals surface area contributed by atoms with E-state index in [9.17, 15) is 0 Å². The van der Waals surface area contributed by atoms with Gasteiger partial charge in [-0.05, 0) is 179 Å². The van der Waals surface area contributed by atoms with Crippen LogP contribution in [0.5, 0.6) is 0 Å². The largest absolute Gasteiger partial charge is 0.310 e. The van der Waals surface area contributed by atoms with E-state index in [-0.39, 0.29) is 0 Å². The first-order valence-electron chi connectivity index (χ1n) is 30.4. The van der Waals surface area contributed by atoms with Gasteiger partial charge in [0.15, 0.2) is 0 Å². The van der Waals surface area contributed by atoms with Crippen LogP contribution in [0, 0.1) is 0 Å². The van der Waals surface area contributed by atoms with Crippen molar-refractivity contribution in [2.45, 2.75) is 10.8 Å². The van der Waals surface area contributed by atoms with Crippen LogP contribution in [0.3, 0.4) is 0 Å². The van der Waals surface area contributed by atoms with Gasteiger partial charge in [-0.25, -0.2) is 0 Å². The number of anilines is 3. The van der Waals surface area contributed by atoms with Crippen molar-refractivity contribution in [3.05, 3.63) is 354 Å². The van der Waals surface area contributed by atoms with Crippen LogP contribution in [0.15, 0.2) is 309 Å². The van der Waals surface area contributed by atoms with Gasteiger partial charge in [0, 0.05) is 44.3 Å². The van der Waals surface area contributed by atoms with Crippen LogP contribution in [-0.4, -0.2) is 9.13 Å². The second-order valence-corrected chi connectivity index (χ2v) is 24.2. The number of aromatic nitrogens is 2. The van der Waals surface area contributed by atoms with Crippen molar-refractivity contribution >= 4 is 71.4 Å². The van der Waals surface area contributed by atoms with Crippen molar-refractivity contribution in [1.29, 1.82) is 0 Å². The van der Waals surface area contributed by atoms with Gasteiger partial charge < -0.3 is 14.0 Å². The molecule has 16 aromatic rings. The van der Waals surface area contributed by atoms with Crippen LogP contribution in [0.4, 0.5) is 17.1 Å². The molecule has 2 spiro atoms. The monoisotopic (exact) mass is 1100 g/mol. The van der Waals surface area contributed by atoms with E-state index in [1.54, 1.807) is 0 Å². The summed E-state index contributed by atoms with van der Waals surface area (Å²) in [6.45, 7) is 0. The number of hydrogen-bond acceptors (Lipinski definition) is 1. The fourth-order valence-electron chi connectivity index (χ4n) is 17.0. The Morgan fingerprint density at radius 3 is 1.46 bits per heavy atom. The van der Waals surface area contributed by atoms with Crippen LogP contribution >= 0.6 is 0 Å². The summed E-state index contributed by atoms with van der Waals surface area (Å²) in [6.07, 6.45) is 0. The van der Waals surface area contributed by atoms with E-state index in [2.05, 4.69) is 323 Å². The van der Waals surface area contributed by atoms with Gasteiger partial charge in [0.25, 0.3) is 0 Å². The number of nitrogens with zero attached hydrogens (tertiary/aromatic N) is 3. The highest BCUT2D eigenvalue weighted by Gasteiger charge is 2.53. The van der Waals surface area contributed by atoms with Crippen molar-refractivity contribution in [3.63, 3.8) is 0 Å². The quantitative estimate of drug-likeness (QED) is 0.167. The molecule has 4 aliphatic rings. The summed E-state index contributed by atoms with van der Waals surface area (Å²) in [4.78, 5) is 2.54. The minimum absolute atomic E-state index is 0.553. The van der Waals surface area contributed by atoms with Crippen molar-refractivity contribution in [2.24, 2.45) is 0 Å². The first-order valence-corrected chi connectivity index (χ1v) is 30.4. The van der Waals surface area contributed by atoms with Gasteiger partial charge in [-0.2, -0.15) is 0 Å². The number of benzene rings is 14. The zero-order valence-corrected chi connectivity index (χ0v) is 47.3. The molecule has 14 aromatic carbocycles. The Kier molecular flexibility index (Phi) is 9.32. The minimum atomic E-state index is -0.621. The maximum atomic E-state index is 2.55. The highest BCUT2D eigenvalue weighted by Crippen LogP contribution is 2.66. The molecule has 2 unspecified atom stereocenters. The average Bonchev–Trinajstić information content (AvgIpc) is 1.55. The number of fused-ring (bicyclic) bond motifs is 27. The van der Waals surface area contributed by atoms with E-state index >= 15 is 0 Å². The Hall–Kier alpha value is -11.3. The predicted octanol–water partition coefficient (Wildman–Crippen LogP) is 21.2. The Labute approximate surface area is 503 Å². The molecule has 3 aliphatic carbocycles. The first-order chi connectivity index (χ1) is 43.2. The molecule has 0 amide bonds. The van der Waals surface area contributed by atoms with Crippen molar-refractivity contribution in [1.82, 2.24) is 9.13 Å². The normalized spacial score (nSPS) is 16.1.